The average Bonchev–Trinajstić information content (AvgIpc) is 3.34. The van der Waals surface area contributed by atoms with Crippen LogP contribution in [0.5, 0.6) is 0 Å². The van der Waals surface area contributed by atoms with Crippen molar-refractivity contribution in [3.8, 4) is 16.9 Å². The lowest BCUT2D eigenvalue weighted by atomic mass is 10.00. The summed E-state index contributed by atoms with van der Waals surface area (Å²) in [5.41, 5.74) is 14.1. The molecule has 41 heavy (non-hydrogen) atoms. The van der Waals surface area contributed by atoms with Gasteiger partial charge in [0.05, 0.1) is 23.0 Å². The monoisotopic (exact) mass is 581 g/mol. The summed E-state index contributed by atoms with van der Waals surface area (Å²) in [7, 11) is 0. The minimum atomic E-state index is -0.509. The first kappa shape index (κ1) is 30.2. The number of nitrogens with one attached hydrogen (secondary N) is 2. The maximum absolute atomic E-state index is 15.1. The summed E-state index contributed by atoms with van der Waals surface area (Å²) in [6, 6.07) is 12.6. The van der Waals surface area contributed by atoms with Crippen LogP contribution in [0.1, 0.15) is 44.2 Å². The van der Waals surface area contributed by atoms with E-state index in [1.807, 2.05) is 30.3 Å². The second-order valence-corrected chi connectivity index (χ2v) is 11.0. The zero-order chi connectivity index (χ0) is 29.5. The lowest BCUT2D eigenvalue weighted by molar-refractivity contribution is 0.236. The molecule has 0 aliphatic heterocycles. The van der Waals surface area contributed by atoms with Crippen molar-refractivity contribution in [2.24, 2.45) is 22.4 Å². The van der Waals surface area contributed by atoms with Crippen molar-refractivity contribution in [2.45, 2.75) is 52.1 Å². The molecule has 2 heterocycles. The van der Waals surface area contributed by atoms with Crippen molar-refractivity contribution in [1.82, 2.24) is 19.9 Å². The molecule has 0 aliphatic rings. The molecule has 4 rings (SSSR count). The second kappa shape index (κ2) is 13.8. The highest BCUT2D eigenvalue weighted by atomic mass is 35.5. The Morgan fingerprint density at radius 2 is 1.93 bits per heavy atom. The predicted octanol–water partition coefficient (Wildman–Crippen LogP) is 4.27. The number of guanidine groups is 1. The molecule has 9 nitrogen and oxygen atoms in total. The number of aromatic amines is 1. The predicted molar refractivity (Wildman–Crippen MR) is 163 cm³/mol. The summed E-state index contributed by atoms with van der Waals surface area (Å²) in [5, 5.41) is 13.6. The molecule has 0 spiro atoms. The number of hydrogen-bond acceptors (Lipinski definition) is 5. The smallest absolute Gasteiger partial charge is 0.354 e. The normalized spacial score (nSPS) is 12.2. The zero-order valence-corrected chi connectivity index (χ0v) is 24.1. The fourth-order valence-electron chi connectivity index (χ4n) is 4.67. The van der Waals surface area contributed by atoms with Gasteiger partial charge in [0.25, 0.3) is 0 Å². The highest BCUT2D eigenvalue weighted by molar-refractivity contribution is 6.31. The standard InChI is InChI=1S/C30H37ClFN7O2/c1-18(2)4-3-5-20-12-24(27(32)25(31)13-20)26-14-21-16-39(30(41)38-28(21)37-26)23-8-6-19(7-9-23)15-36-22(17-40)10-11-35-29(33)34/h6-9,12-14,16,18,22,36,40H,3-5,10-11,15,17H2,1-2H3,(H4,33,34,35)(H,37,38,41)/t22-/m1/s1. The number of nitrogens with zero attached hydrogens (tertiary/aromatic N) is 3. The van der Waals surface area contributed by atoms with Crippen LogP contribution in [0.25, 0.3) is 28.0 Å². The van der Waals surface area contributed by atoms with E-state index < -0.39 is 11.5 Å². The van der Waals surface area contributed by atoms with Gasteiger partial charge in [-0.2, -0.15) is 4.98 Å². The number of rotatable bonds is 13. The van der Waals surface area contributed by atoms with Gasteiger partial charge < -0.3 is 26.9 Å². The van der Waals surface area contributed by atoms with Crippen LogP contribution in [-0.2, 0) is 13.0 Å². The zero-order valence-electron chi connectivity index (χ0n) is 23.3. The number of halogens is 2. The van der Waals surface area contributed by atoms with Crippen LogP contribution < -0.4 is 22.5 Å². The maximum Gasteiger partial charge on any atom is 0.354 e. The molecule has 0 bridgehead atoms. The number of aliphatic hydroxyl groups is 1. The maximum atomic E-state index is 15.1. The summed E-state index contributed by atoms with van der Waals surface area (Å²) in [5.74, 6) is 0.108. The Labute approximate surface area is 243 Å². The number of hydrogen-bond donors (Lipinski definition) is 5. The lowest BCUT2D eigenvalue weighted by Crippen LogP contribution is -2.33. The molecule has 218 valence electrons. The van der Waals surface area contributed by atoms with Gasteiger partial charge in [0.15, 0.2) is 11.8 Å². The number of fused-ring (bicyclic) bond motifs is 1. The summed E-state index contributed by atoms with van der Waals surface area (Å²) < 4.78 is 16.5. The number of aliphatic hydroxyl groups excluding tert-OH is 1. The molecule has 1 atom stereocenters. The van der Waals surface area contributed by atoms with Gasteiger partial charge in [-0.3, -0.25) is 9.56 Å². The number of aryl methyl sites for hydroxylation is 1. The number of benzene rings is 2. The Morgan fingerprint density at radius 3 is 2.61 bits per heavy atom. The Kier molecular flexibility index (Phi) is 10.1. The minimum Gasteiger partial charge on any atom is -0.395 e. The molecule has 4 aromatic rings. The topological polar surface area (TPSA) is 147 Å². The summed E-state index contributed by atoms with van der Waals surface area (Å²) >= 11 is 6.24. The third-order valence-corrected chi connectivity index (χ3v) is 7.21. The molecule has 0 fully saturated rings. The number of H-pyrrole nitrogens is 1. The molecule has 0 saturated carbocycles. The SMILES string of the molecule is CC(C)CCCc1cc(Cl)c(F)c(-c2cc3cn(-c4ccc(CN[C@@H](CO)CCN=C(N)N)cc4)c(=O)nc3[nH]2)c1. The highest BCUT2D eigenvalue weighted by Crippen LogP contribution is 2.31. The largest absolute Gasteiger partial charge is 0.395 e. The van der Waals surface area contributed by atoms with Crippen LogP contribution in [0.3, 0.4) is 0 Å². The fourth-order valence-corrected chi connectivity index (χ4v) is 4.91. The van der Waals surface area contributed by atoms with E-state index in [2.05, 4.69) is 34.1 Å². The number of aliphatic imine (C=N–C) groups is 1. The lowest BCUT2D eigenvalue weighted by Gasteiger charge is -2.15. The van der Waals surface area contributed by atoms with E-state index in [1.54, 1.807) is 18.3 Å². The minimum absolute atomic E-state index is 0.0225. The molecule has 0 amide bonds. The van der Waals surface area contributed by atoms with Gasteiger partial charge in [-0.25, -0.2) is 9.18 Å². The van der Waals surface area contributed by atoms with E-state index in [0.717, 1.165) is 30.4 Å². The van der Waals surface area contributed by atoms with E-state index in [1.165, 1.54) is 4.57 Å². The quantitative estimate of drug-likeness (QED) is 0.118. The molecular formula is C30H37ClFN7O2. The van der Waals surface area contributed by atoms with Crippen molar-refractivity contribution >= 4 is 28.6 Å². The number of aromatic nitrogens is 3. The van der Waals surface area contributed by atoms with Crippen LogP contribution in [0, 0.1) is 11.7 Å². The van der Waals surface area contributed by atoms with Crippen molar-refractivity contribution in [3.05, 3.63) is 81.1 Å². The molecule has 2 aromatic carbocycles. The van der Waals surface area contributed by atoms with Crippen LogP contribution in [-0.4, -0.2) is 44.8 Å². The van der Waals surface area contributed by atoms with Crippen LogP contribution in [0.15, 0.2) is 58.4 Å². The molecule has 0 unspecified atom stereocenters. The van der Waals surface area contributed by atoms with Gasteiger partial charge in [-0.15, -0.1) is 0 Å². The van der Waals surface area contributed by atoms with Crippen molar-refractivity contribution < 1.29 is 9.50 Å². The van der Waals surface area contributed by atoms with Gasteiger partial charge in [-0.05, 0) is 66.6 Å². The molecule has 0 aliphatic carbocycles. The summed E-state index contributed by atoms with van der Waals surface area (Å²) in [6.07, 6.45) is 5.15. The molecule has 7 N–H and O–H groups in total. The molecule has 2 aromatic heterocycles. The van der Waals surface area contributed by atoms with E-state index >= 15 is 4.39 Å². The van der Waals surface area contributed by atoms with Gasteiger partial charge in [0.2, 0.25) is 0 Å². The first-order valence-corrected chi connectivity index (χ1v) is 14.1. The fraction of sp³-hybridized carbons (Fsp3) is 0.367. The molecule has 11 heteroatoms. The van der Waals surface area contributed by atoms with Gasteiger partial charge >= 0.3 is 5.69 Å². The van der Waals surface area contributed by atoms with Crippen LogP contribution in [0.2, 0.25) is 5.02 Å². The Hall–Kier alpha value is -3.73. The van der Waals surface area contributed by atoms with Crippen LogP contribution in [0.4, 0.5) is 4.39 Å². The van der Waals surface area contributed by atoms with Crippen LogP contribution >= 0.6 is 11.6 Å². The third kappa shape index (κ3) is 7.93. The third-order valence-electron chi connectivity index (χ3n) is 6.93. The molecule has 0 saturated heterocycles. The van der Waals surface area contributed by atoms with Crippen molar-refractivity contribution in [1.29, 1.82) is 0 Å². The van der Waals surface area contributed by atoms with Gasteiger partial charge in [-0.1, -0.05) is 44.0 Å². The molecular weight excluding hydrogens is 545 g/mol. The van der Waals surface area contributed by atoms with Crippen molar-refractivity contribution in [3.63, 3.8) is 0 Å². The molecule has 0 radical (unpaired) electrons. The Bertz CT molecular complexity index is 1560. The van der Waals surface area contributed by atoms with Crippen molar-refractivity contribution in [2.75, 3.05) is 13.2 Å². The van der Waals surface area contributed by atoms with E-state index in [-0.39, 0.29) is 23.6 Å². The summed E-state index contributed by atoms with van der Waals surface area (Å²) in [6.45, 7) is 5.25. The first-order valence-electron chi connectivity index (χ1n) is 13.7. The van der Waals surface area contributed by atoms with Gasteiger partial charge in [0.1, 0.15) is 5.65 Å². The van der Waals surface area contributed by atoms with Gasteiger partial charge in [0, 0.05) is 36.3 Å². The average molecular weight is 582 g/mol. The Morgan fingerprint density at radius 1 is 1.17 bits per heavy atom. The number of nitrogens with two attached hydrogens (primary N) is 2. The van der Waals surface area contributed by atoms with E-state index in [0.29, 0.717) is 53.4 Å². The van der Waals surface area contributed by atoms with E-state index in [4.69, 9.17) is 23.1 Å². The summed E-state index contributed by atoms with van der Waals surface area (Å²) in [4.78, 5) is 24.1. The second-order valence-electron chi connectivity index (χ2n) is 10.6. The first-order chi connectivity index (χ1) is 19.6. The van der Waals surface area contributed by atoms with E-state index in [9.17, 15) is 9.90 Å². The highest BCUT2D eigenvalue weighted by Gasteiger charge is 2.16. The Balaban J connectivity index is 1.52.